The zero-order chi connectivity index (χ0) is 28.9. The van der Waals surface area contributed by atoms with E-state index in [1.165, 1.54) is 0 Å². The zero-order valence-electron chi connectivity index (χ0n) is 21.3. The Kier molecular flexibility index (Phi) is 11.4. The number of benzene rings is 2. The van der Waals surface area contributed by atoms with E-state index < -0.39 is 48.1 Å². The third-order valence-corrected chi connectivity index (χ3v) is 5.84. The van der Waals surface area contributed by atoms with E-state index in [4.69, 9.17) is 28.3 Å². The van der Waals surface area contributed by atoms with E-state index in [0.29, 0.717) is 17.5 Å². The largest absolute Gasteiger partial charge is 0.481 e. The number of amidine groups is 1. The molecule has 0 saturated carbocycles. The number of rotatable bonds is 15. The van der Waals surface area contributed by atoms with Crippen molar-refractivity contribution in [1.82, 2.24) is 10.6 Å². The molecular formula is C26H34N8O5. The summed E-state index contributed by atoms with van der Waals surface area (Å²) < 4.78 is 0. The average molecular weight is 539 g/mol. The summed E-state index contributed by atoms with van der Waals surface area (Å²) in [5.74, 6) is -4.59. The maximum Gasteiger partial charge on any atom is 0.305 e. The molecule has 0 fully saturated rings. The number of nitrogen functional groups attached to an aromatic ring is 1. The summed E-state index contributed by atoms with van der Waals surface area (Å²) in [6.45, 7) is 0.198. The lowest BCUT2D eigenvalue weighted by atomic mass is 9.90. The Hall–Kier alpha value is -4.94. The standard InChI is InChI=1S/C26H34N8O5/c27-22(28)17-10-8-15(9-11-17)13-18(16-5-2-1-3-6-16)24(38)34-20(14-21(35)36)25(39)33-19(23(29)37)7-4-12-32-26(30)31/h1-3,5-6,8-11,18-20H,4,7,12-14H2,(H3,27,28)(H2,29,37)(H,33,39)(H,34,38)(H,35,36)(H4,30,31,32)/t18-,19?,20?/m0/s1. The number of nitrogens with zero attached hydrogens (tertiary/aromatic N) is 1. The smallest absolute Gasteiger partial charge is 0.305 e. The van der Waals surface area contributed by atoms with E-state index in [-0.39, 0.29) is 31.2 Å². The summed E-state index contributed by atoms with van der Waals surface area (Å²) in [6.07, 6.45) is -0.0647. The summed E-state index contributed by atoms with van der Waals surface area (Å²) in [6, 6.07) is 13.0. The minimum absolute atomic E-state index is 0.0908. The summed E-state index contributed by atoms with van der Waals surface area (Å²) in [5.41, 5.74) is 23.4. The van der Waals surface area contributed by atoms with Gasteiger partial charge in [-0.05, 0) is 30.4 Å². The molecule has 3 atom stereocenters. The fraction of sp³-hybridized carbons (Fsp3) is 0.308. The quantitative estimate of drug-likeness (QED) is 0.0813. The van der Waals surface area contributed by atoms with E-state index >= 15 is 0 Å². The molecular weight excluding hydrogens is 504 g/mol. The molecule has 2 rings (SSSR count). The molecule has 2 unspecified atom stereocenters. The van der Waals surface area contributed by atoms with Gasteiger partial charge >= 0.3 is 5.97 Å². The third-order valence-electron chi connectivity index (χ3n) is 5.84. The number of aliphatic imine (C=N–C) groups is 1. The van der Waals surface area contributed by atoms with Gasteiger partial charge in [-0.25, -0.2) is 0 Å². The average Bonchev–Trinajstić information content (AvgIpc) is 2.88. The van der Waals surface area contributed by atoms with Crippen LogP contribution in [0.2, 0.25) is 0 Å². The number of nitrogens with one attached hydrogen (secondary N) is 3. The fourth-order valence-electron chi connectivity index (χ4n) is 3.82. The maximum atomic E-state index is 13.4. The van der Waals surface area contributed by atoms with E-state index in [2.05, 4.69) is 15.6 Å². The summed E-state index contributed by atoms with van der Waals surface area (Å²) in [4.78, 5) is 53.6. The molecule has 2 aromatic rings. The molecule has 13 nitrogen and oxygen atoms in total. The molecule has 13 heteroatoms. The zero-order valence-corrected chi connectivity index (χ0v) is 21.3. The number of hydrogen-bond donors (Lipinski definition) is 8. The molecule has 0 aromatic heterocycles. The van der Waals surface area contributed by atoms with Gasteiger partial charge in [0.1, 0.15) is 17.9 Å². The minimum Gasteiger partial charge on any atom is -0.481 e. The van der Waals surface area contributed by atoms with Crippen molar-refractivity contribution < 1.29 is 24.3 Å². The second-order valence-electron chi connectivity index (χ2n) is 8.85. The minimum atomic E-state index is -1.47. The molecule has 0 aliphatic rings. The van der Waals surface area contributed by atoms with Crippen LogP contribution >= 0.6 is 0 Å². The van der Waals surface area contributed by atoms with E-state index in [1.807, 2.05) is 0 Å². The lowest BCUT2D eigenvalue weighted by molar-refractivity contribution is -0.141. The van der Waals surface area contributed by atoms with Crippen molar-refractivity contribution in [2.75, 3.05) is 6.54 Å². The lowest BCUT2D eigenvalue weighted by Gasteiger charge is -2.24. The highest BCUT2D eigenvalue weighted by Gasteiger charge is 2.30. The molecule has 0 heterocycles. The van der Waals surface area contributed by atoms with Crippen molar-refractivity contribution in [3.63, 3.8) is 0 Å². The summed E-state index contributed by atoms with van der Waals surface area (Å²) in [7, 11) is 0. The molecule has 208 valence electrons. The first-order valence-corrected chi connectivity index (χ1v) is 12.1. The second-order valence-corrected chi connectivity index (χ2v) is 8.85. The van der Waals surface area contributed by atoms with Crippen molar-refractivity contribution in [2.24, 2.45) is 27.9 Å². The van der Waals surface area contributed by atoms with Gasteiger partial charge in [0.15, 0.2) is 5.96 Å². The Morgan fingerprint density at radius 2 is 1.49 bits per heavy atom. The lowest BCUT2D eigenvalue weighted by Crippen LogP contribution is -2.54. The van der Waals surface area contributed by atoms with Gasteiger partial charge in [-0.2, -0.15) is 0 Å². The highest BCUT2D eigenvalue weighted by atomic mass is 16.4. The van der Waals surface area contributed by atoms with Crippen molar-refractivity contribution >= 4 is 35.5 Å². The Balaban J connectivity index is 2.23. The number of carboxylic acid groups (broad SMARTS) is 1. The molecule has 3 amide bonds. The Morgan fingerprint density at radius 1 is 0.872 bits per heavy atom. The maximum absolute atomic E-state index is 13.4. The predicted molar refractivity (Wildman–Crippen MR) is 146 cm³/mol. The van der Waals surface area contributed by atoms with Gasteiger partial charge in [-0.3, -0.25) is 29.6 Å². The number of amides is 3. The summed E-state index contributed by atoms with van der Waals surface area (Å²) >= 11 is 0. The van der Waals surface area contributed by atoms with Gasteiger partial charge in [-0.15, -0.1) is 0 Å². The monoisotopic (exact) mass is 538 g/mol. The number of primary amides is 1. The number of carbonyl (C=O) groups is 4. The second kappa shape index (κ2) is 14.7. The molecule has 2 aromatic carbocycles. The van der Waals surface area contributed by atoms with Crippen molar-refractivity contribution in [2.45, 2.75) is 43.7 Å². The van der Waals surface area contributed by atoms with Crippen LogP contribution in [0, 0.1) is 5.41 Å². The highest BCUT2D eigenvalue weighted by Crippen LogP contribution is 2.22. The topological polar surface area (TPSA) is 253 Å². The Labute approximate surface area is 225 Å². The Bertz CT molecular complexity index is 1200. The van der Waals surface area contributed by atoms with Crippen LogP contribution < -0.4 is 33.6 Å². The number of aliphatic carboxylic acids is 1. The first-order chi connectivity index (χ1) is 18.5. The number of carboxylic acids is 1. The molecule has 0 aliphatic heterocycles. The first-order valence-electron chi connectivity index (χ1n) is 12.1. The van der Waals surface area contributed by atoms with Crippen molar-refractivity contribution in [3.8, 4) is 0 Å². The van der Waals surface area contributed by atoms with Gasteiger partial charge in [0.2, 0.25) is 17.7 Å². The molecule has 0 spiro atoms. The fourth-order valence-corrected chi connectivity index (χ4v) is 3.82. The third kappa shape index (κ3) is 10.1. The Morgan fingerprint density at radius 3 is 2.03 bits per heavy atom. The van der Waals surface area contributed by atoms with E-state index in [1.54, 1.807) is 54.6 Å². The van der Waals surface area contributed by atoms with Gasteiger partial charge < -0.3 is 38.7 Å². The SMILES string of the molecule is N=C(N)c1ccc(C[C@H](C(=O)NC(CC(=O)O)C(=O)NC(CCCN=C(N)N)C(N)=O)c2ccccc2)cc1. The van der Waals surface area contributed by atoms with Crippen molar-refractivity contribution in [1.29, 1.82) is 5.41 Å². The first kappa shape index (κ1) is 30.3. The van der Waals surface area contributed by atoms with E-state index in [0.717, 1.165) is 5.56 Å². The molecule has 0 saturated heterocycles. The number of carbonyl (C=O) groups excluding carboxylic acids is 3. The van der Waals surface area contributed by atoms with Crippen LogP contribution in [0.3, 0.4) is 0 Å². The molecule has 0 bridgehead atoms. The van der Waals surface area contributed by atoms with Gasteiger partial charge in [0.25, 0.3) is 0 Å². The summed E-state index contributed by atoms with van der Waals surface area (Å²) in [5, 5.41) is 21.9. The van der Waals surface area contributed by atoms with Crippen molar-refractivity contribution in [3.05, 3.63) is 71.3 Å². The van der Waals surface area contributed by atoms with Crippen LogP contribution in [0.1, 0.15) is 41.9 Å². The molecule has 0 radical (unpaired) electrons. The van der Waals surface area contributed by atoms with Gasteiger partial charge in [0.05, 0.1) is 12.3 Å². The highest BCUT2D eigenvalue weighted by molar-refractivity contribution is 5.96. The number of nitrogens with two attached hydrogens (primary N) is 4. The number of hydrogen-bond acceptors (Lipinski definition) is 6. The number of guanidine groups is 1. The molecule has 0 aliphatic carbocycles. The predicted octanol–water partition coefficient (Wildman–Crippen LogP) is -0.720. The van der Waals surface area contributed by atoms with Crippen LogP contribution in [-0.4, -0.2) is 59.2 Å². The van der Waals surface area contributed by atoms with E-state index in [9.17, 15) is 24.3 Å². The van der Waals surface area contributed by atoms with Crippen LogP contribution in [0.5, 0.6) is 0 Å². The van der Waals surface area contributed by atoms with Crippen LogP contribution in [0.4, 0.5) is 0 Å². The molecule has 12 N–H and O–H groups in total. The van der Waals surface area contributed by atoms with Crippen LogP contribution in [0.15, 0.2) is 59.6 Å². The van der Waals surface area contributed by atoms with Gasteiger partial charge in [-0.1, -0.05) is 54.6 Å². The van der Waals surface area contributed by atoms with Crippen LogP contribution in [0.25, 0.3) is 0 Å². The van der Waals surface area contributed by atoms with Crippen LogP contribution in [-0.2, 0) is 25.6 Å². The normalized spacial score (nSPS) is 12.8. The van der Waals surface area contributed by atoms with Gasteiger partial charge in [0, 0.05) is 12.1 Å². The molecule has 39 heavy (non-hydrogen) atoms.